The van der Waals surface area contributed by atoms with Crippen LogP contribution in [0.15, 0.2) is 41.7 Å². The number of carboxylic acid groups (broad SMARTS) is 1. The Morgan fingerprint density at radius 3 is 2.38 bits per heavy atom. The molecule has 2 aromatic rings. The average molecular weight is 537 g/mol. The number of rotatable bonds is 13. The molecule has 0 unspecified atom stereocenters. The third-order valence-corrected chi connectivity index (χ3v) is 6.69. The Morgan fingerprint density at radius 1 is 1.08 bits per heavy atom. The zero-order valence-electron chi connectivity index (χ0n) is 20.8. The summed E-state index contributed by atoms with van der Waals surface area (Å²) in [6.45, 7) is 5.11. The summed E-state index contributed by atoms with van der Waals surface area (Å²) in [6.07, 6.45) is 2.86. The van der Waals surface area contributed by atoms with Gasteiger partial charge < -0.3 is 26.0 Å². The summed E-state index contributed by atoms with van der Waals surface area (Å²) in [5.41, 5.74) is 0.985. The number of sulfonamides is 1. The number of aromatic amines is 1. The Bertz CT molecular complexity index is 1200. The highest BCUT2D eigenvalue weighted by Crippen LogP contribution is 2.14. The molecular weight excluding hydrogens is 504 g/mol. The Hall–Kier alpha value is -3.94. The largest absolute Gasteiger partial charge is 0.480 e. The van der Waals surface area contributed by atoms with Crippen LogP contribution >= 0.6 is 0 Å². The summed E-state index contributed by atoms with van der Waals surface area (Å²) in [6, 6.07) is 2.83. The van der Waals surface area contributed by atoms with Crippen LogP contribution in [0, 0.1) is 12.8 Å². The number of urea groups is 1. The van der Waals surface area contributed by atoms with E-state index in [4.69, 9.17) is 0 Å². The molecule has 0 radical (unpaired) electrons. The zero-order valence-corrected chi connectivity index (χ0v) is 21.6. The number of imidazole rings is 1. The molecule has 0 aliphatic carbocycles. The number of nitrogens with zero attached hydrogens (tertiary/aromatic N) is 1. The van der Waals surface area contributed by atoms with Crippen molar-refractivity contribution in [3.63, 3.8) is 0 Å². The average Bonchev–Trinajstić information content (AvgIpc) is 3.30. The van der Waals surface area contributed by atoms with Gasteiger partial charge in [-0.15, -0.1) is 0 Å². The maximum atomic E-state index is 12.7. The first kappa shape index (κ1) is 29.3. The van der Waals surface area contributed by atoms with E-state index in [0.717, 1.165) is 0 Å². The van der Waals surface area contributed by atoms with Gasteiger partial charge in [0.15, 0.2) is 0 Å². The topological polar surface area (TPSA) is 199 Å². The SMILES string of the molecule is Cc1ccccc1S(=O)(=O)NC(=O)N[C@@H](CC(C)C)C(=O)NCCC(=O)N[C@@H](Cc1cnc[nH]1)C(=O)O. The standard InChI is InChI=1S/C23H32N6O7S/c1-14(2)10-17(28-23(34)29-37(35,36)19-7-5-4-6-15(19)3)21(31)25-9-8-20(30)27-18(22(32)33)11-16-12-24-13-26-16/h4-7,12-14,17-18H,8-11H2,1-3H3,(H,24,26)(H,25,31)(H,27,30)(H,32,33)(H2,28,29,34)/t17-,18-/m0/s1. The number of carboxylic acids is 1. The van der Waals surface area contributed by atoms with E-state index in [9.17, 15) is 32.7 Å². The lowest BCUT2D eigenvalue weighted by Gasteiger charge is -2.21. The number of aliphatic carboxylic acids is 1. The number of aryl methyl sites for hydroxylation is 1. The second-order valence-corrected chi connectivity index (χ2v) is 10.5. The Morgan fingerprint density at radius 2 is 1.78 bits per heavy atom. The van der Waals surface area contributed by atoms with Crippen molar-refractivity contribution < 1.29 is 32.7 Å². The number of aromatic nitrogens is 2. The van der Waals surface area contributed by atoms with Gasteiger partial charge >= 0.3 is 12.0 Å². The minimum atomic E-state index is -4.16. The number of carbonyl (C=O) groups excluding carboxylic acids is 3. The molecule has 1 heterocycles. The summed E-state index contributed by atoms with van der Waals surface area (Å²) >= 11 is 0. The summed E-state index contributed by atoms with van der Waals surface area (Å²) in [4.78, 5) is 55.3. The number of H-pyrrole nitrogens is 1. The van der Waals surface area contributed by atoms with E-state index < -0.39 is 45.9 Å². The van der Waals surface area contributed by atoms with Crippen LogP contribution in [0.3, 0.4) is 0 Å². The highest BCUT2D eigenvalue weighted by atomic mass is 32.2. The van der Waals surface area contributed by atoms with E-state index in [1.165, 1.54) is 24.7 Å². The Kier molecular flexibility index (Phi) is 10.6. The van der Waals surface area contributed by atoms with Crippen molar-refractivity contribution in [1.82, 2.24) is 30.6 Å². The quantitative estimate of drug-likeness (QED) is 0.212. The van der Waals surface area contributed by atoms with Gasteiger partial charge in [0.2, 0.25) is 11.8 Å². The van der Waals surface area contributed by atoms with E-state index in [1.807, 2.05) is 18.6 Å². The van der Waals surface area contributed by atoms with Crippen LogP contribution in [0.5, 0.6) is 0 Å². The Labute approximate surface area is 214 Å². The van der Waals surface area contributed by atoms with E-state index in [1.54, 1.807) is 19.1 Å². The van der Waals surface area contributed by atoms with Crippen LogP contribution < -0.4 is 20.7 Å². The fourth-order valence-corrected chi connectivity index (χ4v) is 4.59. The van der Waals surface area contributed by atoms with E-state index >= 15 is 0 Å². The lowest BCUT2D eigenvalue weighted by atomic mass is 10.0. The molecule has 0 spiro atoms. The first-order chi connectivity index (χ1) is 17.4. The third-order valence-electron chi connectivity index (χ3n) is 5.20. The molecule has 0 saturated heterocycles. The van der Waals surface area contributed by atoms with Crippen molar-refractivity contribution in [2.45, 2.75) is 57.0 Å². The van der Waals surface area contributed by atoms with Crippen LogP contribution in [0.2, 0.25) is 0 Å². The molecule has 2 atom stereocenters. The molecule has 0 aliphatic rings. The molecule has 13 nitrogen and oxygen atoms in total. The molecule has 1 aromatic heterocycles. The van der Waals surface area contributed by atoms with Gasteiger partial charge in [-0.2, -0.15) is 0 Å². The predicted octanol–water partition coefficient (Wildman–Crippen LogP) is 0.439. The van der Waals surface area contributed by atoms with Gasteiger partial charge in [0.25, 0.3) is 10.0 Å². The minimum absolute atomic E-state index is 0.00827. The maximum absolute atomic E-state index is 12.7. The van der Waals surface area contributed by atoms with Gasteiger partial charge in [0.05, 0.1) is 11.2 Å². The first-order valence-corrected chi connectivity index (χ1v) is 13.0. The molecule has 0 saturated carbocycles. The number of hydrogen-bond donors (Lipinski definition) is 6. The van der Waals surface area contributed by atoms with Crippen molar-refractivity contribution in [3.8, 4) is 0 Å². The summed E-state index contributed by atoms with van der Waals surface area (Å²) < 4.78 is 27.0. The zero-order chi connectivity index (χ0) is 27.6. The monoisotopic (exact) mass is 536 g/mol. The second kappa shape index (κ2) is 13.4. The lowest BCUT2D eigenvalue weighted by Crippen LogP contribution is -2.52. The molecule has 37 heavy (non-hydrogen) atoms. The molecule has 4 amide bonds. The molecule has 0 fully saturated rings. The van der Waals surface area contributed by atoms with Gasteiger partial charge in [-0.1, -0.05) is 32.0 Å². The van der Waals surface area contributed by atoms with Gasteiger partial charge in [0, 0.05) is 31.3 Å². The second-order valence-electron chi connectivity index (χ2n) is 8.81. The number of amides is 4. The molecule has 2 rings (SSSR count). The maximum Gasteiger partial charge on any atom is 0.329 e. The molecule has 1 aromatic carbocycles. The van der Waals surface area contributed by atoms with Crippen molar-refractivity contribution in [2.75, 3.05) is 6.54 Å². The van der Waals surface area contributed by atoms with Crippen molar-refractivity contribution in [1.29, 1.82) is 0 Å². The summed E-state index contributed by atoms with van der Waals surface area (Å²) in [7, 11) is -4.16. The van der Waals surface area contributed by atoms with Crippen LogP contribution in [0.4, 0.5) is 4.79 Å². The molecule has 6 N–H and O–H groups in total. The highest BCUT2D eigenvalue weighted by Gasteiger charge is 2.26. The predicted molar refractivity (Wildman–Crippen MR) is 133 cm³/mol. The van der Waals surface area contributed by atoms with Gasteiger partial charge in [-0.3, -0.25) is 9.59 Å². The van der Waals surface area contributed by atoms with Gasteiger partial charge in [-0.25, -0.2) is 27.7 Å². The number of hydrogen-bond acceptors (Lipinski definition) is 7. The smallest absolute Gasteiger partial charge is 0.329 e. The third kappa shape index (κ3) is 9.56. The lowest BCUT2D eigenvalue weighted by molar-refractivity contribution is -0.141. The van der Waals surface area contributed by atoms with Crippen molar-refractivity contribution in [3.05, 3.63) is 48.0 Å². The normalized spacial score (nSPS) is 12.9. The number of benzene rings is 1. The number of carbonyl (C=O) groups is 4. The first-order valence-electron chi connectivity index (χ1n) is 11.5. The summed E-state index contributed by atoms with van der Waals surface area (Å²) in [5.74, 6) is -2.45. The molecule has 14 heteroatoms. The van der Waals surface area contributed by atoms with Gasteiger partial charge in [0.1, 0.15) is 12.1 Å². The van der Waals surface area contributed by atoms with E-state index in [0.29, 0.717) is 11.3 Å². The van der Waals surface area contributed by atoms with Crippen LogP contribution in [-0.2, 0) is 30.8 Å². The molecule has 0 bridgehead atoms. The van der Waals surface area contributed by atoms with E-state index in [-0.39, 0.29) is 36.6 Å². The van der Waals surface area contributed by atoms with Crippen LogP contribution in [0.25, 0.3) is 0 Å². The highest BCUT2D eigenvalue weighted by molar-refractivity contribution is 7.90. The van der Waals surface area contributed by atoms with Crippen LogP contribution in [0.1, 0.15) is 37.9 Å². The molecule has 202 valence electrons. The molecular formula is C23H32N6O7S. The summed E-state index contributed by atoms with van der Waals surface area (Å²) in [5, 5.41) is 16.6. The minimum Gasteiger partial charge on any atom is -0.480 e. The van der Waals surface area contributed by atoms with Crippen molar-refractivity contribution in [2.24, 2.45) is 5.92 Å². The fraction of sp³-hybridized carbons (Fsp3) is 0.435. The van der Waals surface area contributed by atoms with Crippen LogP contribution in [-0.4, -0.2) is 65.9 Å². The van der Waals surface area contributed by atoms with Crippen molar-refractivity contribution >= 4 is 33.8 Å². The Balaban J connectivity index is 1.91. The van der Waals surface area contributed by atoms with Gasteiger partial charge in [-0.05, 0) is 30.9 Å². The molecule has 0 aliphatic heterocycles. The number of nitrogens with one attached hydrogen (secondary N) is 5. The fourth-order valence-electron chi connectivity index (χ4n) is 3.43. The van der Waals surface area contributed by atoms with E-state index in [2.05, 4.69) is 25.9 Å².